The molecule has 0 bridgehead atoms. The number of anilines is 2. The van der Waals surface area contributed by atoms with Crippen LogP contribution in [0.2, 0.25) is 0 Å². The molecule has 6 aromatic carbocycles. The normalized spacial score (nSPS) is 10.2. The molecule has 0 aliphatic heterocycles. The van der Waals surface area contributed by atoms with Crippen molar-refractivity contribution in [3.8, 4) is 23.0 Å². The van der Waals surface area contributed by atoms with Gasteiger partial charge in [0.15, 0.2) is 21.5 Å². The van der Waals surface area contributed by atoms with Gasteiger partial charge in [-0.2, -0.15) is 0 Å². The van der Waals surface area contributed by atoms with Crippen molar-refractivity contribution >= 4 is 33.1 Å². The summed E-state index contributed by atoms with van der Waals surface area (Å²) in [6.45, 7) is 2.80. The van der Waals surface area contributed by atoms with Crippen molar-refractivity contribution in [1.82, 2.24) is 0 Å². The van der Waals surface area contributed by atoms with Gasteiger partial charge in [-0.1, -0.05) is 121 Å². The van der Waals surface area contributed by atoms with Crippen molar-refractivity contribution in [2.24, 2.45) is 0 Å². The third-order valence-electron chi connectivity index (χ3n) is 8.72. The number of hydrogen-bond donors (Lipinski definition) is 0. The van der Waals surface area contributed by atoms with Gasteiger partial charge >= 0.3 is 11.4 Å². The topological polar surface area (TPSA) is 180 Å². The first-order valence-electron chi connectivity index (χ1n) is 18.0. The number of benzene rings is 6. The fourth-order valence-electron chi connectivity index (χ4n) is 6.05. The van der Waals surface area contributed by atoms with Gasteiger partial charge in [0, 0.05) is 48.7 Å². The Balaban J connectivity index is 0.000000234. The second kappa shape index (κ2) is 22.5. The molecule has 59 heavy (non-hydrogen) atoms. The zero-order valence-electron chi connectivity index (χ0n) is 33.0. The molecular formula is C44H44N6O8S. The predicted molar refractivity (Wildman–Crippen MR) is 225 cm³/mol. The standard InChI is InChI=1S/2C22H22N3O2.H2O4S/c2*1-26-21-14-20(22(27-2)13-19(21)24-23)25(15-17-9-5-3-6-10-17)16-18-11-7-4-8-12-18;1-5(2,3)4/h2*3-14H,15-16H2,1-2H3;(H2,1,2,3,4)/q2*+1;/p-2. The van der Waals surface area contributed by atoms with Crippen LogP contribution in [0.1, 0.15) is 22.3 Å². The molecule has 0 heterocycles. The van der Waals surface area contributed by atoms with E-state index in [0.29, 0.717) is 60.6 Å². The summed E-state index contributed by atoms with van der Waals surface area (Å²) in [5.41, 5.74) is 7.14. The number of nitrogens with zero attached hydrogens (tertiary/aromatic N) is 6. The lowest BCUT2D eigenvalue weighted by Crippen LogP contribution is -2.22. The van der Waals surface area contributed by atoms with E-state index in [9.17, 15) is 10.8 Å². The SMILES string of the molecule is COc1cc(N(Cc2ccccc2)Cc2ccccc2)c(OC)cc1[N+]#N.COc1cc(N(Cc2ccccc2)Cc2ccccc2)c(OC)cc1[N+]#N.O=S(=O)([O-])[O-]. The minimum absolute atomic E-state index is 0.331. The smallest absolute Gasteiger partial charge is 0.430 e. The van der Waals surface area contributed by atoms with Crippen LogP contribution in [0.25, 0.3) is 9.95 Å². The molecule has 0 aliphatic rings. The fourth-order valence-corrected chi connectivity index (χ4v) is 6.05. The van der Waals surface area contributed by atoms with Crippen molar-refractivity contribution in [1.29, 1.82) is 10.8 Å². The summed E-state index contributed by atoms with van der Waals surface area (Å²) < 4.78 is 56.0. The lowest BCUT2D eigenvalue weighted by molar-refractivity contribution is 0.352. The average molecular weight is 817 g/mol. The van der Waals surface area contributed by atoms with E-state index in [0.717, 1.165) is 11.4 Å². The van der Waals surface area contributed by atoms with Gasteiger partial charge in [-0.05, 0) is 22.3 Å². The molecule has 0 N–H and O–H groups in total. The molecule has 6 rings (SSSR count). The Bertz CT molecular complexity index is 2170. The molecule has 0 aliphatic carbocycles. The van der Waals surface area contributed by atoms with Crippen molar-refractivity contribution in [3.63, 3.8) is 0 Å². The van der Waals surface area contributed by atoms with Crippen LogP contribution in [0, 0.1) is 10.8 Å². The quantitative estimate of drug-likeness (QED) is 0.0578. The number of rotatable bonds is 14. The molecule has 0 saturated heterocycles. The van der Waals surface area contributed by atoms with Crippen molar-refractivity contribution in [3.05, 3.63) is 178 Å². The number of ether oxygens (including phenoxy) is 4. The van der Waals surface area contributed by atoms with Crippen LogP contribution < -0.4 is 28.7 Å². The van der Waals surface area contributed by atoms with Crippen molar-refractivity contribution in [2.75, 3.05) is 38.2 Å². The summed E-state index contributed by atoms with van der Waals surface area (Å²) in [7, 11) is 1.16. The lowest BCUT2D eigenvalue weighted by Gasteiger charge is -2.27. The number of methoxy groups -OCH3 is 4. The van der Waals surface area contributed by atoms with E-state index in [2.05, 4.69) is 68.3 Å². The van der Waals surface area contributed by atoms with E-state index >= 15 is 0 Å². The first-order valence-corrected chi connectivity index (χ1v) is 19.4. The van der Waals surface area contributed by atoms with Crippen LogP contribution >= 0.6 is 0 Å². The molecule has 0 spiro atoms. The number of diazo groups is 2. The van der Waals surface area contributed by atoms with Gasteiger partial charge in [0.1, 0.15) is 0 Å². The van der Waals surface area contributed by atoms with Crippen LogP contribution in [0.15, 0.2) is 146 Å². The maximum Gasteiger partial charge on any atom is 0.430 e. The molecule has 6 aromatic rings. The summed E-state index contributed by atoms with van der Waals surface area (Å²) in [4.78, 5) is 11.0. The Morgan fingerprint density at radius 1 is 0.458 bits per heavy atom. The third kappa shape index (κ3) is 14.1. The molecule has 0 radical (unpaired) electrons. The molecule has 0 atom stereocenters. The van der Waals surface area contributed by atoms with Gasteiger partial charge < -0.3 is 37.9 Å². The van der Waals surface area contributed by atoms with Crippen LogP contribution in [-0.4, -0.2) is 46.0 Å². The van der Waals surface area contributed by atoms with Gasteiger partial charge in [0.2, 0.25) is 22.3 Å². The minimum Gasteiger partial charge on any atom is -0.759 e. The molecule has 0 amide bonds. The average Bonchev–Trinajstić information content (AvgIpc) is 3.26. The monoisotopic (exact) mass is 816 g/mol. The van der Waals surface area contributed by atoms with E-state index in [4.69, 9.17) is 36.5 Å². The maximum absolute atomic E-state index is 9.25. The van der Waals surface area contributed by atoms with E-state index in [1.165, 1.54) is 22.3 Å². The Hall–Kier alpha value is -7.17. The molecule has 0 unspecified atom stereocenters. The molecule has 0 aromatic heterocycles. The van der Waals surface area contributed by atoms with E-state index in [-0.39, 0.29) is 0 Å². The molecule has 14 nitrogen and oxygen atoms in total. The first-order chi connectivity index (χ1) is 28.5. The maximum atomic E-state index is 9.25. The van der Waals surface area contributed by atoms with Crippen LogP contribution in [0.3, 0.4) is 0 Å². The van der Waals surface area contributed by atoms with E-state index in [1.807, 2.05) is 84.9 Å². The third-order valence-corrected chi connectivity index (χ3v) is 8.72. The van der Waals surface area contributed by atoms with Crippen LogP contribution in [0.5, 0.6) is 23.0 Å². The summed E-state index contributed by atoms with van der Waals surface area (Å²) in [6, 6.07) is 48.1. The highest BCUT2D eigenvalue weighted by molar-refractivity contribution is 7.79. The second-order valence-corrected chi connectivity index (χ2v) is 13.5. The van der Waals surface area contributed by atoms with Gasteiger partial charge in [0.25, 0.3) is 0 Å². The lowest BCUT2D eigenvalue weighted by atomic mass is 10.1. The summed E-state index contributed by atoms with van der Waals surface area (Å²) in [5.74, 6) is 2.21. The Morgan fingerprint density at radius 3 is 0.898 bits per heavy atom. The Labute approximate surface area is 344 Å². The molecule has 304 valence electrons. The van der Waals surface area contributed by atoms with Gasteiger partial charge in [-0.15, -0.1) is 0 Å². The zero-order chi connectivity index (χ0) is 42.6. The fraction of sp³-hybridized carbons (Fsp3) is 0.182. The van der Waals surface area contributed by atoms with Crippen LogP contribution in [-0.2, 0) is 36.6 Å². The molecule has 0 saturated carbocycles. The zero-order valence-corrected chi connectivity index (χ0v) is 33.9. The highest BCUT2D eigenvalue weighted by atomic mass is 32.3. The first kappa shape index (κ1) is 44.5. The summed E-state index contributed by atoms with van der Waals surface area (Å²) in [5, 5.41) is 18.5. The van der Waals surface area contributed by atoms with Gasteiger partial charge in [0.05, 0.1) is 51.9 Å². The summed E-state index contributed by atoms with van der Waals surface area (Å²) >= 11 is 0. The Kier molecular flexibility index (Phi) is 17.0. The molecule has 0 fully saturated rings. The van der Waals surface area contributed by atoms with Crippen LogP contribution in [0.4, 0.5) is 22.7 Å². The van der Waals surface area contributed by atoms with E-state index < -0.39 is 10.4 Å². The predicted octanol–water partition coefficient (Wildman–Crippen LogP) is 9.45. The minimum atomic E-state index is -5.17. The molecule has 15 heteroatoms. The number of hydrogen-bond acceptors (Lipinski definition) is 12. The van der Waals surface area contributed by atoms with Crippen molar-refractivity contribution < 1.29 is 36.5 Å². The second-order valence-electron chi connectivity index (χ2n) is 12.7. The highest BCUT2D eigenvalue weighted by Gasteiger charge is 2.25. The summed E-state index contributed by atoms with van der Waals surface area (Å²) in [6.07, 6.45) is 0. The largest absolute Gasteiger partial charge is 0.759 e. The van der Waals surface area contributed by atoms with E-state index in [1.54, 1.807) is 40.6 Å². The van der Waals surface area contributed by atoms with Crippen molar-refractivity contribution in [2.45, 2.75) is 26.2 Å². The molecular weight excluding hydrogens is 773 g/mol. The van der Waals surface area contributed by atoms with Gasteiger partial charge in [-0.25, -0.2) is 0 Å². The Morgan fingerprint density at radius 2 is 0.695 bits per heavy atom. The van der Waals surface area contributed by atoms with Gasteiger partial charge in [-0.3, -0.25) is 8.42 Å². The highest BCUT2D eigenvalue weighted by Crippen LogP contribution is 2.42.